The number of rotatable bonds is 2. The molecule has 3 heteroatoms. The second-order valence-electron chi connectivity index (χ2n) is 2.49. The predicted molar refractivity (Wildman–Crippen MR) is 43.1 cm³/mol. The molecule has 0 saturated carbocycles. The first-order valence-electron chi connectivity index (χ1n) is 3.48. The minimum absolute atomic E-state index is 0.0341. The van der Waals surface area contributed by atoms with Crippen molar-refractivity contribution in [1.29, 1.82) is 0 Å². The number of methoxy groups -OCH3 is 1. The fourth-order valence-corrected chi connectivity index (χ4v) is 0.997. The van der Waals surface area contributed by atoms with Crippen molar-refractivity contribution in [2.45, 2.75) is 6.92 Å². The Bertz CT molecular complexity index is 308. The van der Waals surface area contributed by atoms with Gasteiger partial charge in [0, 0.05) is 0 Å². The summed E-state index contributed by atoms with van der Waals surface area (Å²) in [5.41, 5.74) is 0.835. The van der Waals surface area contributed by atoms with Gasteiger partial charge in [-0.3, -0.25) is 4.79 Å². The molecule has 0 unspecified atom stereocenters. The van der Waals surface area contributed by atoms with Gasteiger partial charge in [0.25, 0.3) is 0 Å². The van der Waals surface area contributed by atoms with Gasteiger partial charge in [-0.1, -0.05) is 0 Å². The van der Waals surface area contributed by atoms with E-state index in [0.717, 1.165) is 5.56 Å². The summed E-state index contributed by atoms with van der Waals surface area (Å²) in [6.45, 7) is 1.77. The van der Waals surface area contributed by atoms with Gasteiger partial charge in [0.1, 0.15) is 0 Å². The third-order valence-electron chi connectivity index (χ3n) is 1.56. The smallest absolute Gasteiger partial charge is 0.175 e. The van der Waals surface area contributed by atoms with Crippen LogP contribution in [-0.4, -0.2) is 13.4 Å². The maximum Gasteiger partial charge on any atom is 0.175 e. The van der Waals surface area contributed by atoms with E-state index >= 15 is 0 Å². The summed E-state index contributed by atoms with van der Waals surface area (Å²) in [5, 5.41) is 0. The Morgan fingerprint density at radius 1 is 1.50 bits per heavy atom. The molecule has 0 aromatic heterocycles. The number of hydrogen-bond donors (Lipinski definition) is 0. The molecule has 12 heavy (non-hydrogen) atoms. The number of hydrogen-bond acceptors (Lipinski definition) is 2. The Labute approximate surface area is 70.0 Å². The lowest BCUT2D eigenvalue weighted by atomic mass is 10.1. The molecule has 0 atom stereocenters. The van der Waals surface area contributed by atoms with Crippen LogP contribution in [0.1, 0.15) is 15.9 Å². The van der Waals surface area contributed by atoms with E-state index in [1.165, 1.54) is 13.2 Å². The molecular formula is C9H9FO2. The molecule has 2 nitrogen and oxygen atoms in total. The van der Waals surface area contributed by atoms with Crippen molar-refractivity contribution in [2.24, 2.45) is 0 Å². The SMILES string of the molecule is COc1cc(C)cc(C=O)c1F. The van der Waals surface area contributed by atoms with Crippen molar-refractivity contribution in [2.75, 3.05) is 7.11 Å². The fraction of sp³-hybridized carbons (Fsp3) is 0.222. The van der Waals surface area contributed by atoms with Gasteiger partial charge in [0.2, 0.25) is 0 Å². The van der Waals surface area contributed by atoms with Gasteiger partial charge in [-0.2, -0.15) is 0 Å². The zero-order valence-corrected chi connectivity index (χ0v) is 6.93. The number of halogens is 1. The highest BCUT2D eigenvalue weighted by Crippen LogP contribution is 2.21. The molecule has 0 bridgehead atoms. The average molecular weight is 168 g/mol. The van der Waals surface area contributed by atoms with Gasteiger partial charge in [-0.15, -0.1) is 0 Å². The van der Waals surface area contributed by atoms with Gasteiger partial charge in [-0.05, 0) is 24.6 Å². The van der Waals surface area contributed by atoms with E-state index in [0.29, 0.717) is 6.29 Å². The Hall–Kier alpha value is -1.38. The first-order chi connectivity index (χ1) is 5.69. The molecule has 0 radical (unpaired) electrons. The zero-order chi connectivity index (χ0) is 9.14. The number of carbonyl (C=O) groups is 1. The van der Waals surface area contributed by atoms with E-state index in [1.807, 2.05) is 0 Å². The molecule has 1 rings (SSSR count). The summed E-state index contributed by atoms with van der Waals surface area (Å²) in [4.78, 5) is 10.4. The van der Waals surface area contributed by atoms with Crippen molar-refractivity contribution in [3.05, 3.63) is 29.1 Å². The average Bonchev–Trinajstić information content (AvgIpc) is 2.08. The van der Waals surface area contributed by atoms with Crippen LogP contribution in [0.2, 0.25) is 0 Å². The molecule has 1 aromatic carbocycles. The lowest BCUT2D eigenvalue weighted by molar-refractivity contribution is 0.111. The van der Waals surface area contributed by atoms with Crippen LogP contribution >= 0.6 is 0 Å². The van der Waals surface area contributed by atoms with E-state index in [1.54, 1.807) is 13.0 Å². The lowest BCUT2D eigenvalue weighted by Gasteiger charge is -2.04. The summed E-state index contributed by atoms with van der Waals surface area (Å²) in [6.07, 6.45) is 0.477. The predicted octanol–water partition coefficient (Wildman–Crippen LogP) is 1.96. The van der Waals surface area contributed by atoms with Gasteiger partial charge in [0.05, 0.1) is 12.7 Å². The molecule has 0 amide bonds. The van der Waals surface area contributed by atoms with Crippen LogP contribution in [0.3, 0.4) is 0 Å². The second kappa shape index (κ2) is 3.34. The van der Waals surface area contributed by atoms with Crippen LogP contribution in [0.4, 0.5) is 4.39 Å². The van der Waals surface area contributed by atoms with E-state index in [2.05, 4.69) is 0 Å². The van der Waals surface area contributed by atoms with Gasteiger partial charge < -0.3 is 4.74 Å². The summed E-state index contributed by atoms with van der Waals surface area (Å²) in [7, 11) is 1.37. The first kappa shape index (κ1) is 8.71. The fourth-order valence-electron chi connectivity index (χ4n) is 0.997. The number of benzene rings is 1. The maximum absolute atomic E-state index is 13.1. The number of carbonyl (C=O) groups excluding carboxylic acids is 1. The van der Waals surface area contributed by atoms with Crippen molar-refractivity contribution in [3.8, 4) is 5.75 Å². The summed E-state index contributed by atoms with van der Waals surface area (Å²) < 4.78 is 17.8. The van der Waals surface area contributed by atoms with Crippen LogP contribution in [0.25, 0.3) is 0 Å². The van der Waals surface area contributed by atoms with Crippen LogP contribution in [0, 0.1) is 12.7 Å². The van der Waals surface area contributed by atoms with Crippen LogP contribution in [-0.2, 0) is 0 Å². The van der Waals surface area contributed by atoms with E-state index in [9.17, 15) is 9.18 Å². The van der Waals surface area contributed by atoms with E-state index in [4.69, 9.17) is 4.74 Å². The van der Waals surface area contributed by atoms with Crippen molar-refractivity contribution < 1.29 is 13.9 Å². The monoisotopic (exact) mass is 168 g/mol. The van der Waals surface area contributed by atoms with Crippen molar-refractivity contribution in [3.63, 3.8) is 0 Å². The lowest BCUT2D eigenvalue weighted by Crippen LogP contribution is -1.94. The molecule has 0 aliphatic heterocycles. The number of aryl methyl sites for hydroxylation is 1. The van der Waals surface area contributed by atoms with Crippen molar-refractivity contribution in [1.82, 2.24) is 0 Å². The molecular weight excluding hydrogens is 159 g/mol. The Morgan fingerprint density at radius 3 is 2.67 bits per heavy atom. The second-order valence-corrected chi connectivity index (χ2v) is 2.49. The minimum atomic E-state index is -0.599. The van der Waals surface area contributed by atoms with Crippen molar-refractivity contribution >= 4 is 6.29 Å². The molecule has 0 N–H and O–H groups in total. The Kier molecular flexibility index (Phi) is 2.43. The van der Waals surface area contributed by atoms with Gasteiger partial charge in [-0.25, -0.2) is 4.39 Å². The standard InChI is InChI=1S/C9H9FO2/c1-6-3-7(5-11)9(10)8(4-6)12-2/h3-5H,1-2H3. The Morgan fingerprint density at radius 2 is 2.17 bits per heavy atom. The molecule has 1 aromatic rings. The highest BCUT2D eigenvalue weighted by atomic mass is 19.1. The molecule has 0 aliphatic rings. The summed E-state index contributed by atoms with van der Waals surface area (Å²) in [5.74, 6) is -0.491. The highest BCUT2D eigenvalue weighted by molar-refractivity contribution is 5.76. The first-order valence-corrected chi connectivity index (χ1v) is 3.48. The van der Waals surface area contributed by atoms with Gasteiger partial charge in [0.15, 0.2) is 17.9 Å². The highest BCUT2D eigenvalue weighted by Gasteiger charge is 2.08. The zero-order valence-electron chi connectivity index (χ0n) is 6.93. The molecule has 0 spiro atoms. The third kappa shape index (κ3) is 1.44. The summed E-state index contributed by atoms with van der Waals surface area (Å²) >= 11 is 0. The van der Waals surface area contributed by atoms with Gasteiger partial charge >= 0.3 is 0 Å². The maximum atomic E-state index is 13.1. The normalized spacial score (nSPS) is 9.58. The van der Waals surface area contributed by atoms with Crippen LogP contribution < -0.4 is 4.74 Å². The quantitative estimate of drug-likeness (QED) is 0.631. The van der Waals surface area contributed by atoms with Crippen LogP contribution in [0.15, 0.2) is 12.1 Å². The number of aldehydes is 1. The molecule has 0 heterocycles. The van der Waals surface area contributed by atoms with E-state index < -0.39 is 5.82 Å². The largest absolute Gasteiger partial charge is 0.494 e. The number of ether oxygens (including phenoxy) is 1. The topological polar surface area (TPSA) is 26.3 Å². The Balaban J connectivity index is 3.31. The molecule has 64 valence electrons. The minimum Gasteiger partial charge on any atom is -0.494 e. The molecule has 0 fully saturated rings. The summed E-state index contributed by atoms with van der Waals surface area (Å²) in [6, 6.07) is 3.02. The molecule has 0 saturated heterocycles. The van der Waals surface area contributed by atoms with Crippen LogP contribution in [0.5, 0.6) is 5.75 Å². The van der Waals surface area contributed by atoms with E-state index in [-0.39, 0.29) is 11.3 Å². The molecule has 0 aliphatic carbocycles. The third-order valence-corrected chi connectivity index (χ3v) is 1.56.